The Balaban J connectivity index is 1.87. The second-order valence-electron chi connectivity index (χ2n) is 5.62. The molecule has 2 fully saturated rings. The second-order valence-corrected chi connectivity index (χ2v) is 5.62. The standard InChI is InChI=1S/C15H20N2O2/c18-14(19)16-10-4-8-15(12-16)9-5-11-17(15)13-6-2-1-3-7-13/h1-3,6-7H,4-5,8-12H2,(H,18,19)/t15-/m0/s1. The SMILES string of the molecule is O=C(O)N1CCC[C@]2(CCCN2c2ccccc2)C1. The molecular formula is C15H20N2O2. The number of carboxylic acid groups (broad SMARTS) is 1. The molecule has 0 aliphatic carbocycles. The molecule has 1 aromatic rings. The highest BCUT2D eigenvalue weighted by Gasteiger charge is 2.44. The van der Waals surface area contributed by atoms with Crippen LogP contribution in [0.4, 0.5) is 10.5 Å². The molecule has 1 N–H and O–H groups in total. The molecule has 19 heavy (non-hydrogen) atoms. The summed E-state index contributed by atoms with van der Waals surface area (Å²) in [5.41, 5.74) is 1.25. The first kappa shape index (κ1) is 12.3. The van der Waals surface area contributed by atoms with Crippen molar-refractivity contribution in [2.75, 3.05) is 24.5 Å². The van der Waals surface area contributed by atoms with E-state index in [-0.39, 0.29) is 5.54 Å². The van der Waals surface area contributed by atoms with E-state index in [1.807, 2.05) is 6.07 Å². The minimum atomic E-state index is -0.779. The Labute approximate surface area is 113 Å². The fourth-order valence-electron chi connectivity index (χ4n) is 3.65. The first-order valence-electron chi connectivity index (χ1n) is 7.02. The molecule has 2 saturated heterocycles. The van der Waals surface area contributed by atoms with Crippen LogP contribution in [-0.4, -0.2) is 41.3 Å². The lowest BCUT2D eigenvalue weighted by atomic mass is 9.86. The summed E-state index contributed by atoms with van der Waals surface area (Å²) < 4.78 is 0. The number of rotatable bonds is 1. The van der Waals surface area contributed by atoms with Crippen LogP contribution in [0.2, 0.25) is 0 Å². The largest absolute Gasteiger partial charge is 0.465 e. The van der Waals surface area contributed by atoms with Gasteiger partial charge in [0.1, 0.15) is 0 Å². The Hall–Kier alpha value is -1.71. The van der Waals surface area contributed by atoms with Crippen LogP contribution < -0.4 is 4.90 Å². The van der Waals surface area contributed by atoms with Crippen molar-refractivity contribution in [2.24, 2.45) is 0 Å². The number of likely N-dealkylation sites (tertiary alicyclic amines) is 1. The number of hydrogen-bond acceptors (Lipinski definition) is 2. The van der Waals surface area contributed by atoms with E-state index in [1.165, 1.54) is 5.69 Å². The van der Waals surface area contributed by atoms with Gasteiger partial charge in [-0.25, -0.2) is 4.79 Å². The summed E-state index contributed by atoms with van der Waals surface area (Å²) in [4.78, 5) is 15.3. The van der Waals surface area contributed by atoms with E-state index in [1.54, 1.807) is 4.90 Å². The zero-order valence-corrected chi connectivity index (χ0v) is 11.1. The summed E-state index contributed by atoms with van der Waals surface area (Å²) in [5, 5.41) is 9.25. The van der Waals surface area contributed by atoms with Gasteiger partial charge in [0, 0.05) is 25.3 Å². The van der Waals surface area contributed by atoms with Crippen LogP contribution in [0.25, 0.3) is 0 Å². The van der Waals surface area contributed by atoms with Crippen molar-refractivity contribution in [1.29, 1.82) is 0 Å². The van der Waals surface area contributed by atoms with Crippen LogP contribution in [-0.2, 0) is 0 Å². The molecule has 2 heterocycles. The van der Waals surface area contributed by atoms with E-state index in [9.17, 15) is 9.90 Å². The fraction of sp³-hybridized carbons (Fsp3) is 0.533. The first-order chi connectivity index (χ1) is 9.21. The van der Waals surface area contributed by atoms with E-state index in [0.717, 1.165) is 32.2 Å². The molecule has 4 heteroatoms. The third-order valence-electron chi connectivity index (χ3n) is 4.49. The Morgan fingerprint density at radius 1 is 1.11 bits per heavy atom. The summed E-state index contributed by atoms with van der Waals surface area (Å²) in [7, 11) is 0. The molecule has 2 aliphatic heterocycles. The van der Waals surface area contributed by atoms with Gasteiger partial charge < -0.3 is 14.9 Å². The van der Waals surface area contributed by atoms with Gasteiger partial charge in [-0.05, 0) is 37.8 Å². The van der Waals surface area contributed by atoms with Crippen LogP contribution in [0.5, 0.6) is 0 Å². The predicted molar refractivity (Wildman–Crippen MR) is 74.6 cm³/mol. The monoisotopic (exact) mass is 260 g/mol. The minimum Gasteiger partial charge on any atom is -0.465 e. The average molecular weight is 260 g/mol. The molecule has 1 aromatic carbocycles. The van der Waals surface area contributed by atoms with Gasteiger partial charge in [0.05, 0.1) is 5.54 Å². The van der Waals surface area contributed by atoms with Crippen LogP contribution >= 0.6 is 0 Å². The lowest BCUT2D eigenvalue weighted by Crippen LogP contribution is -2.57. The Morgan fingerprint density at radius 2 is 1.79 bits per heavy atom. The van der Waals surface area contributed by atoms with E-state index < -0.39 is 6.09 Å². The molecule has 4 nitrogen and oxygen atoms in total. The van der Waals surface area contributed by atoms with Crippen LogP contribution in [0.15, 0.2) is 30.3 Å². The van der Waals surface area contributed by atoms with Gasteiger partial charge in [-0.1, -0.05) is 18.2 Å². The van der Waals surface area contributed by atoms with E-state index in [2.05, 4.69) is 29.2 Å². The predicted octanol–water partition coefficient (Wildman–Crippen LogP) is 2.80. The molecule has 0 radical (unpaired) electrons. The number of piperidine rings is 1. The summed E-state index contributed by atoms with van der Waals surface area (Å²) in [6.45, 7) is 2.37. The lowest BCUT2D eigenvalue weighted by molar-refractivity contribution is 0.111. The molecule has 1 amide bonds. The Morgan fingerprint density at radius 3 is 2.47 bits per heavy atom. The highest BCUT2D eigenvalue weighted by Crippen LogP contribution is 2.40. The summed E-state index contributed by atoms with van der Waals surface area (Å²) in [6.07, 6.45) is 3.55. The molecule has 102 valence electrons. The molecule has 0 saturated carbocycles. The summed E-state index contributed by atoms with van der Waals surface area (Å²) in [6, 6.07) is 10.4. The molecule has 1 atom stereocenters. The third kappa shape index (κ3) is 2.15. The molecule has 2 aliphatic rings. The van der Waals surface area contributed by atoms with Crippen molar-refractivity contribution in [3.05, 3.63) is 30.3 Å². The lowest BCUT2D eigenvalue weighted by Gasteiger charge is -2.46. The second kappa shape index (κ2) is 4.76. The smallest absolute Gasteiger partial charge is 0.407 e. The van der Waals surface area contributed by atoms with E-state index in [4.69, 9.17) is 0 Å². The average Bonchev–Trinajstić information content (AvgIpc) is 2.83. The number of benzene rings is 1. The minimum absolute atomic E-state index is 0.0258. The molecule has 3 rings (SSSR count). The maximum atomic E-state index is 11.2. The molecule has 0 bridgehead atoms. The number of anilines is 1. The highest BCUT2D eigenvalue weighted by atomic mass is 16.4. The number of amides is 1. The fourth-order valence-corrected chi connectivity index (χ4v) is 3.65. The van der Waals surface area contributed by atoms with E-state index >= 15 is 0 Å². The number of hydrogen-bond donors (Lipinski definition) is 1. The van der Waals surface area contributed by atoms with E-state index in [0.29, 0.717) is 13.1 Å². The van der Waals surface area contributed by atoms with Crippen molar-refractivity contribution in [3.63, 3.8) is 0 Å². The molecule has 0 aromatic heterocycles. The van der Waals surface area contributed by atoms with Crippen molar-refractivity contribution >= 4 is 11.8 Å². The van der Waals surface area contributed by atoms with Gasteiger partial charge in [-0.2, -0.15) is 0 Å². The van der Waals surface area contributed by atoms with Crippen LogP contribution in [0.1, 0.15) is 25.7 Å². The van der Waals surface area contributed by atoms with Crippen molar-refractivity contribution < 1.29 is 9.90 Å². The number of nitrogens with zero attached hydrogens (tertiary/aromatic N) is 2. The van der Waals surface area contributed by atoms with Crippen LogP contribution in [0, 0.1) is 0 Å². The van der Waals surface area contributed by atoms with Crippen molar-refractivity contribution in [3.8, 4) is 0 Å². The zero-order valence-electron chi connectivity index (χ0n) is 11.1. The Bertz CT molecular complexity index is 462. The van der Waals surface area contributed by atoms with Gasteiger partial charge in [-0.3, -0.25) is 0 Å². The molecular weight excluding hydrogens is 240 g/mol. The Kier molecular flexibility index (Phi) is 3.09. The normalized spacial score (nSPS) is 26.9. The maximum Gasteiger partial charge on any atom is 0.407 e. The van der Waals surface area contributed by atoms with Crippen LogP contribution in [0.3, 0.4) is 0 Å². The maximum absolute atomic E-state index is 11.2. The highest BCUT2D eigenvalue weighted by molar-refractivity contribution is 5.65. The topological polar surface area (TPSA) is 43.8 Å². The summed E-state index contributed by atoms with van der Waals surface area (Å²) >= 11 is 0. The van der Waals surface area contributed by atoms with Gasteiger partial charge in [-0.15, -0.1) is 0 Å². The van der Waals surface area contributed by atoms with Crippen molar-refractivity contribution in [2.45, 2.75) is 31.2 Å². The first-order valence-corrected chi connectivity index (χ1v) is 7.02. The summed E-state index contributed by atoms with van der Waals surface area (Å²) in [5.74, 6) is 0. The third-order valence-corrected chi connectivity index (χ3v) is 4.49. The quantitative estimate of drug-likeness (QED) is 0.844. The van der Waals surface area contributed by atoms with Crippen molar-refractivity contribution in [1.82, 2.24) is 4.90 Å². The van der Waals surface area contributed by atoms with Gasteiger partial charge in [0.25, 0.3) is 0 Å². The van der Waals surface area contributed by atoms with Gasteiger partial charge >= 0.3 is 6.09 Å². The van der Waals surface area contributed by atoms with Gasteiger partial charge in [0.2, 0.25) is 0 Å². The van der Waals surface area contributed by atoms with Gasteiger partial charge in [0.15, 0.2) is 0 Å². The number of carbonyl (C=O) groups is 1. The molecule has 0 unspecified atom stereocenters. The molecule has 1 spiro atoms. The number of para-hydroxylation sites is 1. The zero-order chi connectivity index (χ0) is 13.3.